The molecular weight excluding hydrogens is 227 g/mol. The topological polar surface area (TPSA) is 132 Å². The van der Waals surface area contributed by atoms with Gasteiger partial charge in [0.05, 0.1) is 11.6 Å². The molecular formula is C7H13O7P. The highest BCUT2D eigenvalue weighted by Gasteiger charge is 2.44. The third-order valence-corrected chi connectivity index (χ3v) is 3.90. The number of carbonyl (C=O) groups is 2. The van der Waals surface area contributed by atoms with Crippen LogP contribution in [-0.2, 0) is 14.2 Å². The minimum Gasteiger partial charge on any atom is -0.481 e. The van der Waals surface area contributed by atoms with Crippen molar-refractivity contribution in [2.24, 2.45) is 0 Å². The summed E-state index contributed by atoms with van der Waals surface area (Å²) in [5, 5.41) is 15.0. The maximum atomic E-state index is 11.0. The summed E-state index contributed by atoms with van der Waals surface area (Å²) in [6.07, 6.45) is -1.61. The van der Waals surface area contributed by atoms with Crippen LogP contribution in [0.25, 0.3) is 0 Å². The van der Waals surface area contributed by atoms with Crippen LogP contribution in [0.4, 0.5) is 0 Å². The summed E-state index contributed by atoms with van der Waals surface area (Å²) in [5.41, 5.74) is 0. The van der Waals surface area contributed by atoms with Crippen LogP contribution in [-0.4, -0.2) is 37.1 Å². The quantitative estimate of drug-likeness (QED) is 0.489. The molecule has 0 aromatic rings. The van der Waals surface area contributed by atoms with Gasteiger partial charge in [-0.1, -0.05) is 0 Å². The van der Waals surface area contributed by atoms with Gasteiger partial charge < -0.3 is 20.0 Å². The zero-order valence-corrected chi connectivity index (χ0v) is 8.98. The van der Waals surface area contributed by atoms with Crippen LogP contribution in [0.5, 0.6) is 0 Å². The van der Waals surface area contributed by atoms with Gasteiger partial charge in [0, 0.05) is 6.42 Å². The molecule has 0 spiro atoms. The molecule has 0 aromatic carbocycles. The van der Waals surface area contributed by atoms with Gasteiger partial charge in [-0.25, -0.2) is 0 Å². The Balaban J connectivity index is 4.79. The largest absolute Gasteiger partial charge is 0.481 e. The summed E-state index contributed by atoms with van der Waals surface area (Å²) >= 11 is 0. The van der Waals surface area contributed by atoms with E-state index in [2.05, 4.69) is 0 Å². The van der Waals surface area contributed by atoms with Crippen LogP contribution in [0.1, 0.15) is 26.2 Å². The molecule has 0 saturated carbocycles. The molecule has 0 bridgehead atoms. The molecule has 0 saturated heterocycles. The Kier molecular flexibility index (Phi) is 4.45. The van der Waals surface area contributed by atoms with Gasteiger partial charge in [-0.3, -0.25) is 14.2 Å². The number of carboxylic acid groups (broad SMARTS) is 2. The molecule has 7 nitrogen and oxygen atoms in total. The summed E-state index contributed by atoms with van der Waals surface area (Å²) in [6.45, 7) is 1.07. The molecule has 1 unspecified atom stereocenters. The van der Waals surface area contributed by atoms with Crippen LogP contribution < -0.4 is 0 Å². The van der Waals surface area contributed by atoms with Crippen LogP contribution in [0, 0.1) is 0 Å². The fraction of sp³-hybridized carbons (Fsp3) is 0.714. The summed E-state index contributed by atoms with van der Waals surface area (Å²) in [5.74, 6) is -2.59. The molecule has 0 aromatic heterocycles. The van der Waals surface area contributed by atoms with E-state index in [0.717, 1.165) is 6.92 Å². The van der Waals surface area contributed by atoms with Gasteiger partial charge in [-0.2, -0.15) is 0 Å². The van der Waals surface area contributed by atoms with Crippen molar-refractivity contribution in [1.29, 1.82) is 0 Å². The highest BCUT2D eigenvalue weighted by molar-refractivity contribution is 7.53. The van der Waals surface area contributed by atoms with Gasteiger partial charge >= 0.3 is 19.5 Å². The second kappa shape index (κ2) is 4.74. The van der Waals surface area contributed by atoms with Gasteiger partial charge in [0.1, 0.15) is 0 Å². The molecule has 0 radical (unpaired) electrons. The molecule has 0 fully saturated rings. The first-order valence-corrected chi connectivity index (χ1v) is 5.69. The predicted molar refractivity (Wildman–Crippen MR) is 49.6 cm³/mol. The fourth-order valence-electron chi connectivity index (χ4n) is 1.04. The minimum absolute atomic E-state index is 0.376. The Morgan fingerprint density at radius 3 is 1.93 bits per heavy atom. The second-order valence-electron chi connectivity index (χ2n) is 3.51. The molecule has 0 aliphatic heterocycles. The smallest absolute Gasteiger partial charge is 0.331 e. The molecule has 8 heteroatoms. The number of hydrogen-bond donors (Lipinski definition) is 4. The van der Waals surface area contributed by atoms with Crippen molar-refractivity contribution in [1.82, 2.24) is 0 Å². The summed E-state index contributed by atoms with van der Waals surface area (Å²) in [6, 6.07) is 0. The molecule has 1 atom stereocenters. The van der Waals surface area contributed by atoms with Crippen molar-refractivity contribution < 1.29 is 34.2 Å². The van der Waals surface area contributed by atoms with Crippen LogP contribution >= 0.6 is 7.60 Å². The third kappa shape index (κ3) is 4.42. The van der Waals surface area contributed by atoms with E-state index in [1.54, 1.807) is 0 Å². The SMILES string of the molecule is CC(CCC(=O)O)(CC(=O)O)P(=O)(O)O. The summed E-state index contributed by atoms with van der Waals surface area (Å²) < 4.78 is 11.0. The predicted octanol–water partition coefficient (Wildman–Crippen LogP) is 0.262. The van der Waals surface area contributed by atoms with Crippen molar-refractivity contribution >= 4 is 19.5 Å². The number of rotatable bonds is 6. The molecule has 0 aliphatic rings. The van der Waals surface area contributed by atoms with Crippen molar-refractivity contribution in [3.63, 3.8) is 0 Å². The normalized spacial score (nSPS) is 15.7. The van der Waals surface area contributed by atoms with E-state index >= 15 is 0 Å². The summed E-state index contributed by atoms with van der Waals surface area (Å²) in [4.78, 5) is 38.6. The number of hydrogen-bond acceptors (Lipinski definition) is 3. The fourth-order valence-corrected chi connectivity index (χ4v) is 1.78. The van der Waals surface area contributed by atoms with Crippen LogP contribution in [0.3, 0.4) is 0 Å². The average molecular weight is 240 g/mol. The molecule has 0 amide bonds. The Morgan fingerprint density at radius 1 is 1.20 bits per heavy atom. The molecule has 4 N–H and O–H groups in total. The maximum absolute atomic E-state index is 11.0. The molecule has 0 rings (SSSR count). The lowest BCUT2D eigenvalue weighted by Gasteiger charge is -2.27. The van der Waals surface area contributed by atoms with E-state index in [9.17, 15) is 14.2 Å². The van der Waals surface area contributed by atoms with Gasteiger partial charge in [0.15, 0.2) is 0 Å². The number of carboxylic acids is 2. The van der Waals surface area contributed by atoms with E-state index in [1.807, 2.05) is 0 Å². The second-order valence-corrected chi connectivity index (χ2v) is 5.67. The highest BCUT2D eigenvalue weighted by atomic mass is 31.2. The molecule has 0 aliphatic carbocycles. The lowest BCUT2D eigenvalue weighted by molar-refractivity contribution is -0.140. The van der Waals surface area contributed by atoms with Crippen LogP contribution in [0.15, 0.2) is 0 Å². The first kappa shape index (κ1) is 14.1. The van der Waals surface area contributed by atoms with E-state index in [1.165, 1.54) is 0 Å². The van der Waals surface area contributed by atoms with E-state index in [4.69, 9.17) is 20.0 Å². The third-order valence-electron chi connectivity index (χ3n) is 2.11. The average Bonchev–Trinajstić information content (AvgIpc) is 1.97. The lowest BCUT2D eigenvalue weighted by Crippen LogP contribution is -2.29. The zero-order chi connectivity index (χ0) is 12.3. The number of aliphatic carboxylic acids is 2. The molecule has 88 valence electrons. The lowest BCUT2D eigenvalue weighted by atomic mass is 10.0. The summed E-state index contributed by atoms with van der Waals surface area (Å²) in [7, 11) is -4.64. The monoisotopic (exact) mass is 240 g/mol. The van der Waals surface area contributed by atoms with Crippen molar-refractivity contribution in [2.75, 3.05) is 0 Å². The van der Waals surface area contributed by atoms with E-state index < -0.39 is 37.5 Å². The Labute approximate surface area is 85.9 Å². The Bertz CT molecular complexity index is 306. The van der Waals surface area contributed by atoms with Crippen molar-refractivity contribution in [3.05, 3.63) is 0 Å². The Hall–Kier alpha value is -0.910. The van der Waals surface area contributed by atoms with E-state index in [0.29, 0.717) is 0 Å². The first-order valence-electron chi connectivity index (χ1n) is 4.08. The van der Waals surface area contributed by atoms with Gasteiger partial charge in [-0.05, 0) is 13.3 Å². The standard InChI is InChI=1S/C7H13O7P/c1-7(4-6(10)11,15(12,13)14)3-2-5(8)9/h2-4H2,1H3,(H,8,9)(H,10,11)(H2,12,13,14). The zero-order valence-electron chi connectivity index (χ0n) is 8.08. The van der Waals surface area contributed by atoms with Gasteiger partial charge in [0.25, 0.3) is 0 Å². The van der Waals surface area contributed by atoms with Crippen LogP contribution in [0.2, 0.25) is 0 Å². The minimum atomic E-state index is -4.64. The van der Waals surface area contributed by atoms with E-state index in [-0.39, 0.29) is 6.42 Å². The van der Waals surface area contributed by atoms with Crippen molar-refractivity contribution in [2.45, 2.75) is 31.3 Å². The molecule has 15 heavy (non-hydrogen) atoms. The molecule has 0 heterocycles. The van der Waals surface area contributed by atoms with Gasteiger partial charge in [0.2, 0.25) is 0 Å². The maximum Gasteiger partial charge on any atom is 0.331 e. The Morgan fingerprint density at radius 2 is 1.67 bits per heavy atom. The first-order chi connectivity index (χ1) is 6.58. The van der Waals surface area contributed by atoms with Crippen molar-refractivity contribution in [3.8, 4) is 0 Å². The highest BCUT2D eigenvalue weighted by Crippen LogP contribution is 2.54. The van der Waals surface area contributed by atoms with Gasteiger partial charge in [-0.15, -0.1) is 0 Å².